The summed E-state index contributed by atoms with van der Waals surface area (Å²) in [6, 6.07) is 8.61. The average molecular weight is 190 g/mol. The first-order chi connectivity index (χ1) is 6.63. The molecule has 2 heteroatoms. The maximum atomic E-state index is 5.45. The fourth-order valence-electron chi connectivity index (χ4n) is 1.45. The Bertz CT molecular complexity index is 318. The normalized spacial score (nSPS) is 12.5. The van der Waals surface area contributed by atoms with Gasteiger partial charge in [-0.2, -0.15) is 0 Å². The first-order valence-electron chi connectivity index (χ1n) is 4.80. The van der Waals surface area contributed by atoms with Crippen molar-refractivity contribution < 1.29 is 0 Å². The molecule has 0 fully saturated rings. The number of benzene rings is 1. The van der Waals surface area contributed by atoms with Crippen molar-refractivity contribution in [3.8, 4) is 0 Å². The van der Waals surface area contributed by atoms with Crippen LogP contribution in [0, 0.1) is 6.92 Å². The molecule has 0 bridgehead atoms. The molecule has 0 aromatic heterocycles. The maximum Gasteiger partial charge on any atom is 0.0454 e. The topological polar surface area (TPSA) is 38.0 Å². The van der Waals surface area contributed by atoms with Gasteiger partial charge in [-0.3, -0.25) is 11.3 Å². The van der Waals surface area contributed by atoms with Gasteiger partial charge in [0.25, 0.3) is 0 Å². The van der Waals surface area contributed by atoms with Crippen molar-refractivity contribution in [3.63, 3.8) is 0 Å². The molecule has 0 amide bonds. The van der Waals surface area contributed by atoms with Crippen LogP contribution in [0.15, 0.2) is 36.4 Å². The highest BCUT2D eigenvalue weighted by atomic mass is 15.2. The Kier molecular flexibility index (Phi) is 3.86. The van der Waals surface area contributed by atoms with E-state index in [2.05, 4.69) is 43.2 Å². The molecule has 1 atom stereocenters. The summed E-state index contributed by atoms with van der Waals surface area (Å²) in [6.45, 7) is 7.98. The zero-order valence-corrected chi connectivity index (χ0v) is 8.88. The molecule has 14 heavy (non-hydrogen) atoms. The number of hydrazine groups is 1. The highest BCUT2D eigenvalue weighted by Gasteiger charge is 2.07. The highest BCUT2D eigenvalue weighted by Crippen LogP contribution is 2.09. The molecular formula is C12H18N2. The summed E-state index contributed by atoms with van der Waals surface area (Å²) in [5.74, 6) is 5.45. The van der Waals surface area contributed by atoms with Crippen LogP contribution in [0.25, 0.3) is 0 Å². The number of hydrogen-bond donors (Lipinski definition) is 2. The first kappa shape index (κ1) is 11.0. The van der Waals surface area contributed by atoms with Gasteiger partial charge < -0.3 is 0 Å². The predicted octanol–water partition coefficient (Wildman–Crippen LogP) is 1.95. The van der Waals surface area contributed by atoms with E-state index in [-0.39, 0.29) is 6.04 Å². The Labute approximate surface area is 85.8 Å². The van der Waals surface area contributed by atoms with Gasteiger partial charge in [-0.05, 0) is 25.8 Å². The van der Waals surface area contributed by atoms with Crippen LogP contribution in [-0.4, -0.2) is 6.04 Å². The van der Waals surface area contributed by atoms with E-state index in [4.69, 9.17) is 5.84 Å². The molecule has 0 saturated heterocycles. The molecular weight excluding hydrogens is 172 g/mol. The van der Waals surface area contributed by atoms with E-state index < -0.39 is 0 Å². The van der Waals surface area contributed by atoms with E-state index >= 15 is 0 Å². The number of rotatable bonds is 4. The zero-order valence-electron chi connectivity index (χ0n) is 8.88. The standard InChI is InChI=1S/C12H18N2/c1-9(2)12(14-13)8-11-6-4-5-10(3)7-11/h4-7,12,14H,1,8,13H2,2-3H3. The minimum Gasteiger partial charge on any atom is -0.271 e. The third-order valence-corrected chi connectivity index (χ3v) is 2.32. The van der Waals surface area contributed by atoms with Gasteiger partial charge in [-0.15, -0.1) is 0 Å². The molecule has 1 rings (SSSR count). The molecule has 1 aromatic rings. The Balaban J connectivity index is 2.72. The minimum atomic E-state index is 0.164. The van der Waals surface area contributed by atoms with Gasteiger partial charge in [0.05, 0.1) is 0 Å². The molecule has 0 aliphatic rings. The lowest BCUT2D eigenvalue weighted by Gasteiger charge is -2.15. The largest absolute Gasteiger partial charge is 0.271 e. The van der Waals surface area contributed by atoms with Crippen molar-refractivity contribution in [1.82, 2.24) is 5.43 Å². The van der Waals surface area contributed by atoms with E-state index in [1.54, 1.807) is 0 Å². The van der Waals surface area contributed by atoms with Crippen LogP contribution in [0.4, 0.5) is 0 Å². The van der Waals surface area contributed by atoms with E-state index in [0.29, 0.717) is 0 Å². The zero-order chi connectivity index (χ0) is 10.6. The lowest BCUT2D eigenvalue weighted by atomic mass is 10.0. The summed E-state index contributed by atoms with van der Waals surface area (Å²) >= 11 is 0. The Morgan fingerprint density at radius 2 is 2.29 bits per heavy atom. The number of hydrogen-bond acceptors (Lipinski definition) is 2. The molecule has 0 saturated carbocycles. The van der Waals surface area contributed by atoms with Crippen LogP contribution in [0.1, 0.15) is 18.1 Å². The Morgan fingerprint density at radius 1 is 1.57 bits per heavy atom. The monoisotopic (exact) mass is 190 g/mol. The van der Waals surface area contributed by atoms with Crippen molar-refractivity contribution in [2.24, 2.45) is 5.84 Å². The molecule has 0 heterocycles. The lowest BCUT2D eigenvalue weighted by Crippen LogP contribution is -2.37. The summed E-state index contributed by atoms with van der Waals surface area (Å²) in [5.41, 5.74) is 6.40. The molecule has 3 N–H and O–H groups in total. The van der Waals surface area contributed by atoms with Gasteiger partial charge in [-0.25, -0.2) is 0 Å². The third-order valence-electron chi connectivity index (χ3n) is 2.32. The number of nitrogens with two attached hydrogens (primary N) is 1. The second-order valence-electron chi connectivity index (χ2n) is 3.76. The number of aryl methyl sites for hydroxylation is 1. The van der Waals surface area contributed by atoms with Crippen LogP contribution < -0.4 is 11.3 Å². The Hall–Kier alpha value is -1.12. The fraction of sp³-hybridized carbons (Fsp3) is 0.333. The van der Waals surface area contributed by atoms with E-state index in [0.717, 1.165) is 12.0 Å². The van der Waals surface area contributed by atoms with E-state index in [9.17, 15) is 0 Å². The predicted molar refractivity (Wildman–Crippen MR) is 60.8 cm³/mol. The second kappa shape index (κ2) is 4.94. The molecule has 1 aromatic carbocycles. The van der Waals surface area contributed by atoms with E-state index in [1.807, 2.05) is 6.92 Å². The second-order valence-corrected chi connectivity index (χ2v) is 3.76. The van der Waals surface area contributed by atoms with Gasteiger partial charge in [0.1, 0.15) is 0 Å². The van der Waals surface area contributed by atoms with E-state index in [1.165, 1.54) is 11.1 Å². The molecule has 0 radical (unpaired) electrons. The maximum absolute atomic E-state index is 5.45. The van der Waals surface area contributed by atoms with Crippen molar-refractivity contribution in [2.45, 2.75) is 26.3 Å². The van der Waals surface area contributed by atoms with Crippen LogP contribution >= 0.6 is 0 Å². The minimum absolute atomic E-state index is 0.164. The van der Waals surface area contributed by atoms with Gasteiger partial charge in [0.2, 0.25) is 0 Å². The van der Waals surface area contributed by atoms with Gasteiger partial charge in [-0.1, -0.05) is 42.0 Å². The molecule has 0 aliphatic heterocycles. The quantitative estimate of drug-likeness (QED) is 0.432. The molecule has 1 unspecified atom stereocenters. The van der Waals surface area contributed by atoms with Crippen LogP contribution in [0.5, 0.6) is 0 Å². The summed E-state index contributed by atoms with van der Waals surface area (Å²) in [6.07, 6.45) is 0.896. The van der Waals surface area contributed by atoms with Crippen LogP contribution in [0.2, 0.25) is 0 Å². The summed E-state index contributed by atoms with van der Waals surface area (Å²) in [5, 5.41) is 0. The van der Waals surface area contributed by atoms with Crippen LogP contribution in [0.3, 0.4) is 0 Å². The lowest BCUT2D eigenvalue weighted by molar-refractivity contribution is 0.591. The summed E-state index contributed by atoms with van der Waals surface area (Å²) < 4.78 is 0. The smallest absolute Gasteiger partial charge is 0.0454 e. The van der Waals surface area contributed by atoms with Crippen molar-refractivity contribution in [3.05, 3.63) is 47.5 Å². The van der Waals surface area contributed by atoms with Crippen molar-refractivity contribution in [2.75, 3.05) is 0 Å². The van der Waals surface area contributed by atoms with Gasteiger partial charge in [0.15, 0.2) is 0 Å². The molecule has 76 valence electrons. The summed E-state index contributed by atoms with van der Waals surface area (Å²) in [4.78, 5) is 0. The van der Waals surface area contributed by atoms with Crippen molar-refractivity contribution >= 4 is 0 Å². The molecule has 2 nitrogen and oxygen atoms in total. The molecule has 0 spiro atoms. The van der Waals surface area contributed by atoms with Crippen molar-refractivity contribution in [1.29, 1.82) is 0 Å². The third kappa shape index (κ3) is 2.98. The SMILES string of the molecule is C=C(C)C(Cc1cccc(C)c1)NN. The average Bonchev–Trinajstić information content (AvgIpc) is 2.14. The summed E-state index contributed by atoms with van der Waals surface area (Å²) in [7, 11) is 0. The highest BCUT2D eigenvalue weighted by molar-refractivity contribution is 5.24. The van der Waals surface area contributed by atoms with Gasteiger partial charge in [0, 0.05) is 6.04 Å². The fourth-order valence-corrected chi connectivity index (χ4v) is 1.45. The Morgan fingerprint density at radius 3 is 2.79 bits per heavy atom. The molecule has 0 aliphatic carbocycles. The number of nitrogens with one attached hydrogen (secondary N) is 1. The van der Waals surface area contributed by atoms with Gasteiger partial charge >= 0.3 is 0 Å². The first-order valence-corrected chi connectivity index (χ1v) is 4.80. The van der Waals surface area contributed by atoms with Crippen LogP contribution in [-0.2, 0) is 6.42 Å².